The highest BCUT2D eigenvalue weighted by Crippen LogP contribution is 2.32. The number of likely N-dealkylation sites (tertiary alicyclic amines) is 1. The van der Waals surface area contributed by atoms with E-state index >= 15 is 0 Å². The van der Waals surface area contributed by atoms with Gasteiger partial charge < -0.3 is 20.6 Å². The van der Waals surface area contributed by atoms with E-state index in [1.807, 2.05) is 24.3 Å². The monoisotopic (exact) mass is 405 g/mol. The number of aromatic hydroxyl groups is 1. The zero-order chi connectivity index (χ0) is 20.9. The molecule has 5 heteroatoms. The maximum Gasteiger partial charge on any atom is 0.255 e. The number of carbonyl (C=O) groups is 1. The molecule has 1 aromatic carbocycles. The van der Waals surface area contributed by atoms with E-state index in [1.54, 1.807) is 12.1 Å². The number of carbonyl (C=O) groups excluding carboxylic acids is 1. The predicted molar refractivity (Wildman–Crippen MR) is 120 cm³/mol. The van der Waals surface area contributed by atoms with Crippen LogP contribution < -0.4 is 10.6 Å². The minimum atomic E-state index is -0.188. The van der Waals surface area contributed by atoms with E-state index < -0.39 is 0 Å². The van der Waals surface area contributed by atoms with Crippen LogP contribution in [0.5, 0.6) is 5.75 Å². The number of phenols is 1. The first-order chi connectivity index (χ1) is 14.6. The quantitative estimate of drug-likeness (QED) is 0.640. The molecule has 4 rings (SSSR count). The van der Waals surface area contributed by atoms with Gasteiger partial charge >= 0.3 is 0 Å². The second-order valence-electron chi connectivity index (χ2n) is 8.55. The summed E-state index contributed by atoms with van der Waals surface area (Å²) < 4.78 is 0. The molecule has 0 bridgehead atoms. The van der Waals surface area contributed by atoms with Crippen LogP contribution in [0.1, 0.15) is 42.5 Å². The van der Waals surface area contributed by atoms with E-state index in [-0.39, 0.29) is 11.7 Å². The minimum Gasteiger partial charge on any atom is -0.508 e. The topological polar surface area (TPSA) is 64.6 Å². The molecule has 3 aliphatic rings. The Bertz CT molecular complexity index is 870. The highest BCUT2D eigenvalue weighted by atomic mass is 16.3. The molecular formula is C25H31N3O2. The normalized spacial score (nSPS) is 20.1. The lowest BCUT2D eigenvalue weighted by Crippen LogP contribution is -2.37. The predicted octanol–water partition coefficient (Wildman–Crippen LogP) is 4.08. The number of hydrogen-bond acceptors (Lipinski definition) is 4. The van der Waals surface area contributed by atoms with Gasteiger partial charge in [0.1, 0.15) is 5.75 Å². The van der Waals surface area contributed by atoms with Crippen molar-refractivity contribution in [3.63, 3.8) is 0 Å². The summed E-state index contributed by atoms with van der Waals surface area (Å²) in [4.78, 5) is 15.3. The van der Waals surface area contributed by atoms with Crippen LogP contribution >= 0.6 is 0 Å². The van der Waals surface area contributed by atoms with Gasteiger partial charge in [-0.3, -0.25) is 4.79 Å². The fraction of sp³-hybridized carbons (Fsp3) is 0.400. The first kappa shape index (κ1) is 20.5. The number of phenolic OH excluding ortho intramolecular Hbond substituents is 1. The van der Waals surface area contributed by atoms with Crippen molar-refractivity contribution in [1.82, 2.24) is 15.5 Å². The van der Waals surface area contributed by atoms with Crippen molar-refractivity contribution in [2.45, 2.75) is 32.1 Å². The maximum absolute atomic E-state index is 12.7. The number of nitrogens with zero attached hydrogens (tertiary/aromatic N) is 1. The lowest BCUT2D eigenvalue weighted by atomic mass is 9.93. The van der Waals surface area contributed by atoms with Gasteiger partial charge in [0.25, 0.3) is 5.91 Å². The SMILES string of the molecule is C=C(NC1=C(NC(=O)c2ccc(O)cc2)CC=CC=C1)C1CCN(CC2CC2)CC1. The molecule has 30 heavy (non-hydrogen) atoms. The average molecular weight is 406 g/mol. The van der Waals surface area contributed by atoms with Gasteiger partial charge in [-0.25, -0.2) is 0 Å². The molecule has 1 aliphatic heterocycles. The number of benzene rings is 1. The van der Waals surface area contributed by atoms with E-state index in [1.165, 1.54) is 31.5 Å². The molecule has 5 nitrogen and oxygen atoms in total. The number of piperidine rings is 1. The standard InChI is InChI=1S/C25H31N3O2/c1-18(20-13-15-28(16-14-20)17-19-7-8-19)26-23-5-3-2-4-6-24(23)27-25(30)21-9-11-22(29)12-10-21/h2-5,9-12,19-20,26,29H,1,6-8,13-17H2,(H,27,30). The Morgan fingerprint density at radius 3 is 2.50 bits per heavy atom. The van der Waals surface area contributed by atoms with E-state index in [0.29, 0.717) is 17.9 Å². The molecule has 158 valence electrons. The summed E-state index contributed by atoms with van der Waals surface area (Å²) in [6, 6.07) is 6.28. The molecule has 0 spiro atoms. The molecular weight excluding hydrogens is 374 g/mol. The average Bonchev–Trinajstić information content (AvgIpc) is 3.58. The van der Waals surface area contributed by atoms with Crippen LogP contribution in [0.4, 0.5) is 0 Å². The summed E-state index contributed by atoms with van der Waals surface area (Å²) >= 11 is 0. The van der Waals surface area contributed by atoms with Crippen molar-refractivity contribution in [3.8, 4) is 5.75 Å². The third-order valence-corrected chi connectivity index (χ3v) is 6.14. The third-order valence-electron chi connectivity index (χ3n) is 6.14. The summed E-state index contributed by atoms with van der Waals surface area (Å²) in [5.74, 6) is 1.35. The van der Waals surface area contributed by atoms with Crippen LogP contribution in [0.25, 0.3) is 0 Å². The van der Waals surface area contributed by atoms with Crippen molar-refractivity contribution in [2.24, 2.45) is 11.8 Å². The molecule has 0 atom stereocenters. The van der Waals surface area contributed by atoms with Gasteiger partial charge in [-0.2, -0.15) is 0 Å². The highest BCUT2D eigenvalue weighted by molar-refractivity contribution is 5.95. The molecule has 1 heterocycles. The molecule has 1 amide bonds. The molecule has 2 fully saturated rings. The second-order valence-corrected chi connectivity index (χ2v) is 8.55. The van der Waals surface area contributed by atoms with E-state index in [9.17, 15) is 9.90 Å². The number of allylic oxidation sites excluding steroid dienone is 5. The Hall–Kier alpha value is -2.79. The van der Waals surface area contributed by atoms with Gasteiger partial charge in [-0.05, 0) is 75.0 Å². The van der Waals surface area contributed by atoms with Crippen LogP contribution in [-0.2, 0) is 0 Å². The summed E-state index contributed by atoms with van der Waals surface area (Å²) in [5, 5.41) is 16.0. The highest BCUT2D eigenvalue weighted by Gasteiger charge is 2.28. The molecule has 0 unspecified atom stereocenters. The molecule has 3 N–H and O–H groups in total. The van der Waals surface area contributed by atoms with E-state index in [0.717, 1.165) is 48.9 Å². The second kappa shape index (κ2) is 9.35. The summed E-state index contributed by atoms with van der Waals surface area (Å²) in [7, 11) is 0. The first-order valence-electron chi connectivity index (χ1n) is 10.9. The lowest BCUT2D eigenvalue weighted by Gasteiger charge is -2.33. The van der Waals surface area contributed by atoms with Crippen molar-refractivity contribution in [2.75, 3.05) is 19.6 Å². The Morgan fingerprint density at radius 2 is 1.80 bits per heavy atom. The van der Waals surface area contributed by atoms with Crippen LogP contribution in [0, 0.1) is 11.8 Å². The Morgan fingerprint density at radius 1 is 1.07 bits per heavy atom. The van der Waals surface area contributed by atoms with Gasteiger partial charge in [-0.1, -0.05) is 24.8 Å². The summed E-state index contributed by atoms with van der Waals surface area (Å²) in [6.07, 6.45) is 13.7. The molecule has 0 radical (unpaired) electrons. The van der Waals surface area contributed by atoms with Crippen molar-refractivity contribution >= 4 is 5.91 Å². The van der Waals surface area contributed by atoms with Gasteiger partial charge in [0, 0.05) is 35.8 Å². The molecule has 1 saturated carbocycles. The minimum absolute atomic E-state index is 0.146. The largest absolute Gasteiger partial charge is 0.508 e. The summed E-state index contributed by atoms with van der Waals surface area (Å²) in [6.45, 7) is 7.87. The maximum atomic E-state index is 12.7. The number of amides is 1. The fourth-order valence-corrected chi connectivity index (χ4v) is 4.09. The molecule has 2 aliphatic carbocycles. The molecule has 1 saturated heterocycles. The van der Waals surface area contributed by atoms with Crippen molar-refractivity contribution < 1.29 is 9.90 Å². The zero-order valence-electron chi connectivity index (χ0n) is 17.4. The molecule has 0 aromatic heterocycles. The number of nitrogens with one attached hydrogen (secondary N) is 2. The fourth-order valence-electron chi connectivity index (χ4n) is 4.09. The summed E-state index contributed by atoms with van der Waals surface area (Å²) in [5.41, 5.74) is 3.25. The molecule has 1 aromatic rings. The Balaban J connectivity index is 1.39. The van der Waals surface area contributed by atoms with Gasteiger partial charge in [-0.15, -0.1) is 0 Å². The Labute approximate surface area is 178 Å². The zero-order valence-corrected chi connectivity index (χ0v) is 17.4. The van der Waals surface area contributed by atoms with Gasteiger partial charge in [0.2, 0.25) is 0 Å². The lowest BCUT2D eigenvalue weighted by molar-refractivity contribution is 0.0964. The van der Waals surface area contributed by atoms with Crippen LogP contribution in [0.15, 0.2) is 72.2 Å². The number of rotatable bonds is 7. The first-order valence-corrected chi connectivity index (χ1v) is 10.9. The van der Waals surface area contributed by atoms with E-state index in [4.69, 9.17) is 0 Å². The van der Waals surface area contributed by atoms with Crippen LogP contribution in [0.2, 0.25) is 0 Å². The van der Waals surface area contributed by atoms with Gasteiger partial charge in [0.05, 0.1) is 5.70 Å². The number of hydrogen-bond donors (Lipinski definition) is 3. The van der Waals surface area contributed by atoms with Crippen molar-refractivity contribution in [3.05, 3.63) is 77.8 Å². The third kappa shape index (κ3) is 5.42. The Kier molecular flexibility index (Phi) is 6.38. The smallest absolute Gasteiger partial charge is 0.255 e. The van der Waals surface area contributed by atoms with Crippen molar-refractivity contribution in [1.29, 1.82) is 0 Å². The van der Waals surface area contributed by atoms with Crippen LogP contribution in [-0.4, -0.2) is 35.5 Å². The van der Waals surface area contributed by atoms with E-state index in [2.05, 4.69) is 22.1 Å². The van der Waals surface area contributed by atoms with Crippen LogP contribution in [0.3, 0.4) is 0 Å². The van der Waals surface area contributed by atoms with Gasteiger partial charge in [0.15, 0.2) is 0 Å².